The molecule has 0 saturated heterocycles. The molecule has 0 radical (unpaired) electrons. The number of ether oxygens (including phenoxy) is 1. The normalized spacial score (nSPS) is 11.3. The largest absolute Gasteiger partial charge is 0.492 e. The lowest BCUT2D eigenvalue weighted by molar-refractivity contribution is -0.115. The van der Waals surface area contributed by atoms with Crippen LogP contribution in [0.2, 0.25) is 0 Å². The molecule has 0 spiro atoms. The molecule has 2 aromatic rings. The van der Waals surface area contributed by atoms with Crippen LogP contribution in [0, 0.1) is 13.8 Å². The first kappa shape index (κ1) is 18.0. The maximum atomic E-state index is 12.2. The van der Waals surface area contributed by atoms with Gasteiger partial charge in [0, 0.05) is 0 Å². The summed E-state index contributed by atoms with van der Waals surface area (Å²) in [5.74, 6) is 0.168. The van der Waals surface area contributed by atoms with Crippen LogP contribution in [0.5, 0.6) is 5.75 Å². The predicted octanol–water partition coefficient (Wildman–Crippen LogP) is 1.61. The first-order valence-corrected chi connectivity index (χ1v) is 8.77. The first-order chi connectivity index (χ1) is 11.3. The average molecular weight is 353 g/mol. The summed E-state index contributed by atoms with van der Waals surface area (Å²) < 4.78 is 37.0. The van der Waals surface area contributed by atoms with Gasteiger partial charge in [-0.25, -0.2) is 13.1 Å². The molecule has 1 aromatic heterocycles. The summed E-state index contributed by atoms with van der Waals surface area (Å²) in [5, 5.41) is 6.21. The van der Waals surface area contributed by atoms with Gasteiger partial charge in [-0.1, -0.05) is 17.3 Å². The van der Waals surface area contributed by atoms with Gasteiger partial charge < -0.3 is 14.6 Å². The summed E-state index contributed by atoms with van der Waals surface area (Å²) in [6, 6.07) is 6.91. The lowest BCUT2D eigenvalue weighted by atomic mass is 10.3. The number of hydrogen-bond donors (Lipinski definition) is 2. The Hall–Kier alpha value is -2.39. The van der Waals surface area contributed by atoms with Gasteiger partial charge >= 0.3 is 0 Å². The molecule has 0 atom stereocenters. The number of nitrogens with one attached hydrogen (secondary N) is 2. The Morgan fingerprint density at radius 2 is 2.00 bits per heavy atom. The monoisotopic (exact) mass is 353 g/mol. The summed E-state index contributed by atoms with van der Waals surface area (Å²) in [6.45, 7) is 4.87. The fourth-order valence-electron chi connectivity index (χ4n) is 2.14. The number of rotatable bonds is 7. The number of hydrogen-bond acceptors (Lipinski definition) is 6. The Bertz CT molecular complexity index is 810. The van der Waals surface area contributed by atoms with E-state index in [9.17, 15) is 13.2 Å². The van der Waals surface area contributed by atoms with Crippen LogP contribution in [-0.2, 0) is 14.8 Å². The van der Waals surface area contributed by atoms with E-state index in [1.165, 1.54) is 13.8 Å². The van der Waals surface area contributed by atoms with Crippen molar-refractivity contribution in [3.63, 3.8) is 0 Å². The SMILES string of the molecule is CCOc1ccccc1NC(=O)CNS(=O)(=O)c1c(C)noc1C. The molecule has 0 aliphatic carbocycles. The highest BCUT2D eigenvalue weighted by atomic mass is 32.2. The Morgan fingerprint density at radius 1 is 1.29 bits per heavy atom. The van der Waals surface area contributed by atoms with E-state index >= 15 is 0 Å². The lowest BCUT2D eigenvalue weighted by Gasteiger charge is -2.11. The third kappa shape index (κ3) is 4.12. The van der Waals surface area contributed by atoms with E-state index in [-0.39, 0.29) is 16.3 Å². The van der Waals surface area contributed by atoms with Crippen LogP contribution in [-0.4, -0.2) is 32.6 Å². The molecule has 0 fully saturated rings. The van der Waals surface area contributed by atoms with Crippen LogP contribution >= 0.6 is 0 Å². The van der Waals surface area contributed by atoms with E-state index in [4.69, 9.17) is 9.26 Å². The van der Waals surface area contributed by atoms with Crippen molar-refractivity contribution in [3.05, 3.63) is 35.7 Å². The Balaban J connectivity index is 2.04. The van der Waals surface area contributed by atoms with Crippen molar-refractivity contribution < 1.29 is 22.5 Å². The maximum absolute atomic E-state index is 12.2. The molecule has 8 nitrogen and oxygen atoms in total. The van der Waals surface area contributed by atoms with Crippen LogP contribution in [0.15, 0.2) is 33.7 Å². The quantitative estimate of drug-likeness (QED) is 0.782. The summed E-state index contributed by atoms with van der Waals surface area (Å²) in [7, 11) is -3.88. The lowest BCUT2D eigenvalue weighted by Crippen LogP contribution is -2.33. The number of nitrogens with zero attached hydrogens (tertiary/aromatic N) is 1. The molecule has 130 valence electrons. The van der Waals surface area contributed by atoms with Gasteiger partial charge in [0.05, 0.1) is 18.8 Å². The van der Waals surface area contributed by atoms with Crippen LogP contribution in [0.4, 0.5) is 5.69 Å². The summed E-state index contributed by atoms with van der Waals surface area (Å²) >= 11 is 0. The minimum Gasteiger partial charge on any atom is -0.492 e. The highest BCUT2D eigenvalue weighted by Crippen LogP contribution is 2.23. The molecule has 0 unspecified atom stereocenters. The first-order valence-electron chi connectivity index (χ1n) is 7.29. The molecule has 1 heterocycles. The second-order valence-electron chi connectivity index (χ2n) is 4.96. The standard InChI is InChI=1S/C15H19N3O5S/c1-4-22-13-8-6-5-7-12(13)17-14(19)9-16-24(20,21)15-10(2)18-23-11(15)3/h5-8,16H,4,9H2,1-3H3,(H,17,19). The second kappa shape index (κ2) is 7.45. The molecule has 1 amide bonds. The van der Waals surface area contributed by atoms with Crippen molar-refractivity contribution >= 4 is 21.6 Å². The zero-order valence-corrected chi connectivity index (χ0v) is 14.4. The van der Waals surface area contributed by atoms with Crippen LogP contribution in [0.25, 0.3) is 0 Å². The number of carbonyl (C=O) groups excluding carboxylic acids is 1. The number of benzene rings is 1. The molecular weight excluding hydrogens is 334 g/mol. The van der Waals surface area contributed by atoms with E-state index in [1.807, 2.05) is 6.92 Å². The summed E-state index contributed by atoms with van der Waals surface area (Å²) in [5.41, 5.74) is 0.711. The summed E-state index contributed by atoms with van der Waals surface area (Å²) in [4.78, 5) is 12.0. The average Bonchev–Trinajstić information content (AvgIpc) is 2.87. The molecular formula is C15H19N3O5S. The fraction of sp³-hybridized carbons (Fsp3) is 0.333. The van der Waals surface area contributed by atoms with E-state index in [0.717, 1.165) is 0 Å². The molecule has 2 N–H and O–H groups in total. The molecule has 0 saturated carbocycles. The minimum absolute atomic E-state index is 0.0509. The predicted molar refractivity (Wildman–Crippen MR) is 87.4 cm³/mol. The molecule has 0 aliphatic heterocycles. The van der Waals surface area contributed by atoms with Gasteiger partial charge in [-0.2, -0.15) is 0 Å². The number of amides is 1. The number of sulfonamides is 1. The third-order valence-electron chi connectivity index (χ3n) is 3.12. The molecule has 24 heavy (non-hydrogen) atoms. The van der Waals surface area contributed by atoms with Crippen molar-refractivity contribution in [1.82, 2.24) is 9.88 Å². The number of aromatic nitrogens is 1. The van der Waals surface area contributed by atoms with Gasteiger partial charge in [0.1, 0.15) is 16.3 Å². The number of anilines is 1. The van der Waals surface area contributed by atoms with Crippen molar-refractivity contribution in [2.24, 2.45) is 0 Å². The van der Waals surface area contributed by atoms with Gasteiger partial charge in [0.25, 0.3) is 0 Å². The van der Waals surface area contributed by atoms with E-state index in [2.05, 4.69) is 15.2 Å². The van der Waals surface area contributed by atoms with Crippen LogP contribution in [0.3, 0.4) is 0 Å². The van der Waals surface area contributed by atoms with Crippen molar-refractivity contribution in [1.29, 1.82) is 0 Å². The van der Waals surface area contributed by atoms with Gasteiger partial charge in [0.15, 0.2) is 5.76 Å². The maximum Gasteiger partial charge on any atom is 0.246 e. The van der Waals surface area contributed by atoms with Gasteiger partial charge in [-0.05, 0) is 32.9 Å². The minimum atomic E-state index is -3.88. The molecule has 1 aromatic carbocycles. The molecule has 2 rings (SSSR count). The Morgan fingerprint density at radius 3 is 2.62 bits per heavy atom. The van der Waals surface area contributed by atoms with E-state index in [0.29, 0.717) is 18.0 Å². The Kier molecular flexibility index (Phi) is 5.58. The van der Waals surface area contributed by atoms with Crippen molar-refractivity contribution in [3.8, 4) is 5.75 Å². The van der Waals surface area contributed by atoms with Crippen LogP contribution < -0.4 is 14.8 Å². The molecule has 0 bridgehead atoms. The number of para-hydroxylation sites is 2. The van der Waals surface area contributed by atoms with Gasteiger partial charge in [-0.3, -0.25) is 4.79 Å². The highest BCUT2D eigenvalue weighted by Gasteiger charge is 2.24. The Labute approximate surface area is 140 Å². The molecule has 0 aliphatic rings. The summed E-state index contributed by atoms with van der Waals surface area (Å²) in [6.07, 6.45) is 0. The van der Waals surface area contributed by atoms with E-state index in [1.54, 1.807) is 24.3 Å². The zero-order valence-electron chi connectivity index (χ0n) is 13.6. The van der Waals surface area contributed by atoms with Gasteiger partial charge in [0.2, 0.25) is 15.9 Å². The van der Waals surface area contributed by atoms with Crippen molar-refractivity contribution in [2.45, 2.75) is 25.7 Å². The fourth-order valence-corrected chi connectivity index (χ4v) is 3.44. The third-order valence-corrected chi connectivity index (χ3v) is 4.77. The number of carbonyl (C=O) groups is 1. The van der Waals surface area contributed by atoms with Crippen molar-refractivity contribution in [2.75, 3.05) is 18.5 Å². The smallest absolute Gasteiger partial charge is 0.246 e. The van der Waals surface area contributed by atoms with Crippen LogP contribution in [0.1, 0.15) is 18.4 Å². The second-order valence-corrected chi connectivity index (χ2v) is 6.66. The topological polar surface area (TPSA) is 111 Å². The molecule has 9 heteroatoms. The zero-order chi connectivity index (χ0) is 17.7. The number of aryl methyl sites for hydroxylation is 2. The van der Waals surface area contributed by atoms with Gasteiger partial charge in [-0.15, -0.1) is 0 Å². The highest BCUT2D eigenvalue weighted by molar-refractivity contribution is 7.89. The van der Waals surface area contributed by atoms with E-state index < -0.39 is 22.5 Å².